The lowest BCUT2D eigenvalue weighted by Gasteiger charge is -2.36. The van der Waals surface area contributed by atoms with Crippen LogP contribution < -0.4 is 9.64 Å². The molecule has 6 heteroatoms. The normalized spacial score (nSPS) is 15.6. The predicted octanol–water partition coefficient (Wildman–Crippen LogP) is 2.33. The van der Waals surface area contributed by atoms with Crippen molar-refractivity contribution in [3.63, 3.8) is 0 Å². The Morgan fingerprint density at radius 2 is 1.80 bits per heavy atom. The fraction of sp³-hybridized carbons (Fsp3) is 0.368. The van der Waals surface area contributed by atoms with Crippen LogP contribution in [0.4, 0.5) is 5.69 Å². The number of methoxy groups -OCH3 is 1. The summed E-state index contributed by atoms with van der Waals surface area (Å²) in [5.41, 5.74) is 4.38. The highest BCUT2D eigenvalue weighted by Crippen LogP contribution is 2.28. The number of ether oxygens (including phenoxy) is 1. The van der Waals surface area contributed by atoms with E-state index >= 15 is 0 Å². The average Bonchev–Trinajstić information content (AvgIpc) is 3.14. The molecule has 3 aromatic rings. The summed E-state index contributed by atoms with van der Waals surface area (Å²) in [6.45, 7) is 5.28. The van der Waals surface area contributed by atoms with E-state index < -0.39 is 0 Å². The number of rotatable bonds is 5. The van der Waals surface area contributed by atoms with Crippen LogP contribution in [-0.4, -0.2) is 60.1 Å². The number of nitrogens with one attached hydrogen (secondary N) is 1. The third kappa shape index (κ3) is 3.44. The van der Waals surface area contributed by atoms with E-state index in [1.54, 1.807) is 7.11 Å². The van der Waals surface area contributed by atoms with E-state index in [2.05, 4.69) is 49.5 Å². The van der Waals surface area contributed by atoms with Crippen molar-refractivity contribution in [1.82, 2.24) is 20.3 Å². The molecule has 4 rings (SSSR count). The van der Waals surface area contributed by atoms with Crippen molar-refractivity contribution < 1.29 is 4.74 Å². The van der Waals surface area contributed by atoms with Crippen molar-refractivity contribution in [2.75, 3.05) is 44.7 Å². The van der Waals surface area contributed by atoms with E-state index in [1.165, 1.54) is 11.3 Å². The summed E-state index contributed by atoms with van der Waals surface area (Å²) < 4.78 is 5.49. The van der Waals surface area contributed by atoms with E-state index in [0.29, 0.717) is 0 Å². The molecule has 0 aliphatic carbocycles. The lowest BCUT2D eigenvalue weighted by Crippen LogP contribution is -2.47. The molecule has 1 aliphatic heterocycles. The molecule has 1 aliphatic rings. The molecule has 1 aromatic heterocycles. The van der Waals surface area contributed by atoms with Crippen molar-refractivity contribution >= 4 is 16.7 Å². The van der Waals surface area contributed by atoms with Crippen LogP contribution in [0.1, 0.15) is 5.56 Å². The molecule has 6 nitrogen and oxygen atoms in total. The number of aromatic nitrogens is 3. The van der Waals surface area contributed by atoms with E-state index in [9.17, 15) is 0 Å². The van der Waals surface area contributed by atoms with Crippen LogP contribution in [0.15, 0.2) is 42.5 Å². The molecular weight excluding hydrogens is 314 g/mol. The van der Waals surface area contributed by atoms with E-state index in [4.69, 9.17) is 4.74 Å². The summed E-state index contributed by atoms with van der Waals surface area (Å²) >= 11 is 0. The summed E-state index contributed by atoms with van der Waals surface area (Å²) in [6.07, 6.45) is 1.04. The fourth-order valence-corrected chi connectivity index (χ4v) is 3.43. The Labute approximate surface area is 147 Å². The highest BCUT2D eigenvalue weighted by atomic mass is 16.5. The number of nitrogens with zero attached hydrogens (tertiary/aromatic N) is 4. The SMILES string of the molecule is COc1ccccc1N1CCN(CCc2ccc3n[nH]nc3c2)CC1. The van der Waals surface area contributed by atoms with Crippen LogP contribution in [0.2, 0.25) is 0 Å². The van der Waals surface area contributed by atoms with Gasteiger partial charge in [-0.2, -0.15) is 15.4 Å². The maximum atomic E-state index is 5.49. The minimum atomic E-state index is 0.925. The van der Waals surface area contributed by atoms with Gasteiger partial charge in [-0.1, -0.05) is 18.2 Å². The van der Waals surface area contributed by atoms with Crippen LogP contribution in [0.3, 0.4) is 0 Å². The Morgan fingerprint density at radius 3 is 2.64 bits per heavy atom. The van der Waals surface area contributed by atoms with Crippen LogP contribution in [0.5, 0.6) is 5.75 Å². The average molecular weight is 337 g/mol. The van der Waals surface area contributed by atoms with E-state index in [-0.39, 0.29) is 0 Å². The third-order valence-electron chi connectivity index (χ3n) is 4.90. The highest BCUT2D eigenvalue weighted by molar-refractivity contribution is 5.74. The van der Waals surface area contributed by atoms with Crippen molar-refractivity contribution in [1.29, 1.82) is 0 Å². The second kappa shape index (κ2) is 7.11. The molecule has 0 amide bonds. The van der Waals surface area contributed by atoms with Crippen LogP contribution in [-0.2, 0) is 6.42 Å². The fourth-order valence-electron chi connectivity index (χ4n) is 3.43. The van der Waals surface area contributed by atoms with Gasteiger partial charge < -0.3 is 9.64 Å². The smallest absolute Gasteiger partial charge is 0.142 e. The van der Waals surface area contributed by atoms with E-state index in [1.807, 2.05) is 18.2 Å². The molecule has 1 saturated heterocycles. The van der Waals surface area contributed by atoms with Crippen LogP contribution in [0.25, 0.3) is 11.0 Å². The lowest BCUT2D eigenvalue weighted by atomic mass is 10.1. The van der Waals surface area contributed by atoms with Gasteiger partial charge in [0.1, 0.15) is 16.8 Å². The number of aromatic amines is 1. The number of H-pyrrole nitrogens is 1. The summed E-state index contributed by atoms with van der Waals surface area (Å²) in [5, 5.41) is 10.9. The minimum Gasteiger partial charge on any atom is -0.495 e. The first-order valence-corrected chi connectivity index (χ1v) is 8.73. The Balaban J connectivity index is 1.32. The van der Waals surface area contributed by atoms with Gasteiger partial charge in [-0.3, -0.25) is 4.90 Å². The zero-order chi connectivity index (χ0) is 17.1. The van der Waals surface area contributed by atoms with Gasteiger partial charge in [-0.15, -0.1) is 0 Å². The Kier molecular flexibility index (Phi) is 4.52. The second-order valence-corrected chi connectivity index (χ2v) is 6.40. The standard InChI is InChI=1S/C19H23N5O/c1-25-19-5-3-2-4-18(19)24-12-10-23(11-13-24)9-8-15-6-7-16-17(14-15)21-22-20-16/h2-7,14H,8-13H2,1H3,(H,20,21,22). The Hall–Kier alpha value is -2.60. The van der Waals surface area contributed by atoms with Gasteiger partial charge in [0, 0.05) is 32.7 Å². The van der Waals surface area contributed by atoms with Crippen molar-refractivity contribution in [2.24, 2.45) is 0 Å². The predicted molar refractivity (Wildman–Crippen MR) is 99.2 cm³/mol. The first-order valence-electron chi connectivity index (χ1n) is 8.73. The summed E-state index contributed by atoms with van der Waals surface area (Å²) in [5.74, 6) is 0.955. The topological polar surface area (TPSA) is 57.3 Å². The Bertz CT molecular complexity index is 838. The molecule has 0 atom stereocenters. The largest absolute Gasteiger partial charge is 0.495 e. The molecule has 0 spiro atoms. The number of hydrogen-bond donors (Lipinski definition) is 1. The van der Waals surface area contributed by atoms with E-state index in [0.717, 1.165) is 55.9 Å². The van der Waals surface area contributed by atoms with Crippen molar-refractivity contribution in [2.45, 2.75) is 6.42 Å². The molecule has 1 fully saturated rings. The van der Waals surface area contributed by atoms with Gasteiger partial charge in [0.05, 0.1) is 12.8 Å². The van der Waals surface area contributed by atoms with Gasteiger partial charge >= 0.3 is 0 Å². The Morgan fingerprint density at radius 1 is 1.00 bits per heavy atom. The molecule has 0 radical (unpaired) electrons. The zero-order valence-corrected chi connectivity index (χ0v) is 14.5. The number of hydrogen-bond acceptors (Lipinski definition) is 5. The molecular formula is C19H23N5O. The van der Waals surface area contributed by atoms with Gasteiger partial charge in [0.2, 0.25) is 0 Å². The summed E-state index contributed by atoms with van der Waals surface area (Å²) in [4.78, 5) is 4.94. The maximum absolute atomic E-state index is 5.49. The molecule has 25 heavy (non-hydrogen) atoms. The number of piperazine rings is 1. The van der Waals surface area contributed by atoms with Crippen molar-refractivity contribution in [3.05, 3.63) is 48.0 Å². The molecule has 0 saturated carbocycles. The third-order valence-corrected chi connectivity index (χ3v) is 4.90. The van der Waals surface area contributed by atoms with Gasteiger partial charge in [-0.25, -0.2) is 0 Å². The summed E-state index contributed by atoms with van der Waals surface area (Å²) in [7, 11) is 1.74. The number of benzene rings is 2. The first-order chi connectivity index (χ1) is 12.3. The van der Waals surface area contributed by atoms with Crippen LogP contribution >= 0.6 is 0 Å². The maximum Gasteiger partial charge on any atom is 0.142 e. The monoisotopic (exact) mass is 337 g/mol. The number of anilines is 1. The quantitative estimate of drug-likeness (QED) is 0.774. The molecule has 2 heterocycles. The molecule has 0 bridgehead atoms. The second-order valence-electron chi connectivity index (χ2n) is 6.40. The molecule has 0 unspecified atom stereocenters. The minimum absolute atomic E-state index is 0.925. The molecule has 2 aromatic carbocycles. The lowest BCUT2D eigenvalue weighted by molar-refractivity contribution is 0.260. The number of fused-ring (bicyclic) bond motifs is 1. The highest BCUT2D eigenvalue weighted by Gasteiger charge is 2.19. The van der Waals surface area contributed by atoms with Gasteiger partial charge in [-0.05, 0) is 36.2 Å². The molecule has 1 N–H and O–H groups in total. The first kappa shape index (κ1) is 15.9. The van der Waals surface area contributed by atoms with Gasteiger partial charge in [0.25, 0.3) is 0 Å². The molecule has 130 valence electrons. The zero-order valence-electron chi connectivity index (χ0n) is 14.5. The summed E-state index contributed by atoms with van der Waals surface area (Å²) in [6, 6.07) is 14.6. The van der Waals surface area contributed by atoms with Crippen LogP contribution in [0, 0.1) is 0 Å². The van der Waals surface area contributed by atoms with Gasteiger partial charge in [0.15, 0.2) is 0 Å². The number of para-hydroxylation sites is 2. The van der Waals surface area contributed by atoms with Crippen molar-refractivity contribution in [3.8, 4) is 5.75 Å².